The van der Waals surface area contributed by atoms with Crippen LogP contribution in [0, 0.1) is 11.3 Å². The van der Waals surface area contributed by atoms with Gasteiger partial charge >= 0.3 is 0 Å². The molecule has 0 radical (unpaired) electrons. The fraction of sp³-hybridized carbons (Fsp3) is 0.487. The lowest BCUT2D eigenvalue weighted by molar-refractivity contribution is 0.121. The van der Waals surface area contributed by atoms with Crippen LogP contribution in [0.1, 0.15) is 206 Å². The number of hydrogen-bond acceptors (Lipinski definition) is 5. The lowest BCUT2D eigenvalue weighted by atomic mass is 9.79. The zero-order chi connectivity index (χ0) is 58.3. The molecule has 0 amide bonds. The van der Waals surface area contributed by atoms with Gasteiger partial charge in [0.05, 0.1) is 6.26 Å². The SMILES string of the molecule is C.CC(C)(C)C1Cc2ccccc2C1.CC(C)(C)N1CCc2ccccc2C1.CC(C)(C)N1Cc2ccccc2C1.CC(C)(C)c1ccc2c(c1)CCCC2.CC(C)(C)c1ccc2ccoc2c1.CC(C)(C)c1nc2ccccc2o1. The summed E-state index contributed by atoms with van der Waals surface area (Å²) in [6.07, 6.45) is 10.8. The highest BCUT2D eigenvalue weighted by molar-refractivity contribution is 5.78. The van der Waals surface area contributed by atoms with E-state index in [1.807, 2.05) is 30.3 Å². The van der Waals surface area contributed by atoms with E-state index in [0.717, 1.165) is 48.1 Å². The van der Waals surface area contributed by atoms with E-state index in [9.17, 15) is 0 Å². The number of oxazole rings is 1. The zero-order valence-corrected chi connectivity index (χ0v) is 52.9. The molecule has 0 spiro atoms. The van der Waals surface area contributed by atoms with E-state index in [1.165, 1.54) is 90.3 Å². The Labute approximate surface area is 492 Å². The average Bonchev–Trinajstić information content (AvgIpc) is 4.24. The third-order valence-electron chi connectivity index (χ3n) is 16.6. The van der Waals surface area contributed by atoms with Crippen LogP contribution in [0.4, 0.5) is 0 Å². The van der Waals surface area contributed by atoms with E-state index in [4.69, 9.17) is 8.83 Å². The van der Waals surface area contributed by atoms with Crippen molar-refractivity contribution < 1.29 is 8.83 Å². The van der Waals surface area contributed by atoms with Gasteiger partial charge in [-0.1, -0.05) is 206 Å². The van der Waals surface area contributed by atoms with Crippen molar-refractivity contribution in [1.29, 1.82) is 0 Å². The molecule has 0 fully saturated rings. The van der Waals surface area contributed by atoms with E-state index in [2.05, 4.69) is 249 Å². The molecular weight excluding hydrogens is 987 g/mol. The molecule has 5 heteroatoms. The second kappa shape index (κ2) is 26.7. The summed E-state index contributed by atoms with van der Waals surface area (Å²) in [5, 5.41) is 1.17. The lowest BCUT2D eigenvalue weighted by Gasteiger charge is -2.39. The lowest BCUT2D eigenvalue weighted by Crippen LogP contribution is -2.44. The molecule has 5 nitrogen and oxygen atoms in total. The van der Waals surface area contributed by atoms with Crippen LogP contribution in [0.25, 0.3) is 22.1 Å². The van der Waals surface area contributed by atoms with Gasteiger partial charge in [0.2, 0.25) is 5.89 Å². The van der Waals surface area contributed by atoms with Gasteiger partial charge in [0, 0.05) is 48.1 Å². The highest BCUT2D eigenvalue weighted by Gasteiger charge is 2.31. The van der Waals surface area contributed by atoms with Gasteiger partial charge in [-0.15, -0.1) is 0 Å². The number of para-hydroxylation sites is 2. The van der Waals surface area contributed by atoms with E-state index in [1.54, 1.807) is 28.5 Å². The second-order valence-corrected chi connectivity index (χ2v) is 29.2. The summed E-state index contributed by atoms with van der Waals surface area (Å²) in [5.41, 5.74) is 19.5. The van der Waals surface area contributed by atoms with Crippen molar-refractivity contribution in [2.45, 2.75) is 224 Å². The van der Waals surface area contributed by atoms with Gasteiger partial charge in [-0.25, -0.2) is 4.98 Å². The van der Waals surface area contributed by atoms with Crippen LogP contribution in [0.5, 0.6) is 0 Å². The number of aromatic nitrogens is 1. The predicted octanol–water partition coefficient (Wildman–Crippen LogP) is 20.4. The fourth-order valence-corrected chi connectivity index (χ4v) is 10.9. The number of furan rings is 1. The predicted molar refractivity (Wildman–Crippen MR) is 349 cm³/mol. The number of aryl methyl sites for hydroxylation is 2. The van der Waals surface area contributed by atoms with E-state index >= 15 is 0 Å². The summed E-state index contributed by atoms with van der Waals surface area (Å²) in [6, 6.07) is 49.7. The Hall–Kier alpha value is -5.75. The minimum Gasteiger partial charge on any atom is -0.464 e. The van der Waals surface area contributed by atoms with Crippen LogP contribution in [0.15, 0.2) is 155 Å². The first-order valence-corrected chi connectivity index (χ1v) is 30.1. The molecule has 0 unspecified atom stereocenters. The number of hydrogen-bond donors (Lipinski definition) is 0. The van der Waals surface area contributed by atoms with Gasteiger partial charge in [0.25, 0.3) is 0 Å². The number of rotatable bonds is 0. The maximum atomic E-state index is 5.62. The molecule has 0 saturated carbocycles. The summed E-state index contributed by atoms with van der Waals surface area (Å²) in [5.74, 6) is 1.64. The number of nitrogens with zero attached hydrogens (tertiary/aromatic N) is 3. The van der Waals surface area contributed by atoms with Crippen molar-refractivity contribution >= 4 is 22.1 Å². The first-order chi connectivity index (χ1) is 37.4. The van der Waals surface area contributed by atoms with E-state index in [0.29, 0.717) is 21.9 Å². The molecule has 0 saturated heterocycles. The molecule has 2 aliphatic heterocycles. The Morgan fingerprint density at radius 1 is 0.420 bits per heavy atom. The largest absolute Gasteiger partial charge is 0.464 e. The first-order valence-electron chi connectivity index (χ1n) is 30.1. The maximum absolute atomic E-state index is 5.62. The summed E-state index contributed by atoms with van der Waals surface area (Å²) in [6.45, 7) is 45.1. The molecule has 436 valence electrons. The molecule has 0 N–H and O–H groups in total. The van der Waals surface area contributed by atoms with Crippen LogP contribution in [-0.2, 0) is 68.0 Å². The number of benzene rings is 6. The van der Waals surface area contributed by atoms with Crippen molar-refractivity contribution in [3.8, 4) is 0 Å². The summed E-state index contributed by atoms with van der Waals surface area (Å²) < 4.78 is 11.0. The Kier molecular flexibility index (Phi) is 21.2. The average molecular weight is 1090 g/mol. The molecule has 2 aromatic heterocycles. The van der Waals surface area contributed by atoms with Gasteiger partial charge in [-0.2, -0.15) is 0 Å². The quantitative estimate of drug-likeness (QED) is 0.151. The van der Waals surface area contributed by atoms with E-state index < -0.39 is 0 Å². The van der Waals surface area contributed by atoms with Gasteiger partial charge in [0.15, 0.2) is 5.58 Å². The van der Waals surface area contributed by atoms with Crippen LogP contribution < -0.4 is 0 Å². The third-order valence-corrected chi connectivity index (χ3v) is 16.6. The van der Waals surface area contributed by atoms with Gasteiger partial charge in [0.1, 0.15) is 11.1 Å². The van der Waals surface area contributed by atoms with Crippen molar-refractivity contribution in [3.63, 3.8) is 0 Å². The molecule has 0 atom stereocenters. The van der Waals surface area contributed by atoms with Gasteiger partial charge in [-0.3, -0.25) is 9.80 Å². The van der Waals surface area contributed by atoms with E-state index in [-0.39, 0.29) is 18.3 Å². The van der Waals surface area contributed by atoms with Crippen molar-refractivity contribution in [3.05, 3.63) is 207 Å². The molecule has 2 aliphatic carbocycles. The number of fused-ring (bicyclic) bond motifs is 6. The zero-order valence-electron chi connectivity index (χ0n) is 52.9. The van der Waals surface area contributed by atoms with Crippen LogP contribution in [0.3, 0.4) is 0 Å². The standard InChI is InChI=1S/C14H20.C13H19N.C13H18.C12H17N.C12H14O.C11H13NO.CH4/c1-14(2,3)13-9-8-11-6-4-5-7-12(11)10-13;1-13(2,3)14-9-8-11-6-4-5-7-12(11)10-14;1-13(2,3)12-8-10-6-4-5-7-11(10)9-12;1-12(2,3)13-8-10-6-4-5-7-11(10)9-13;1-12(2,3)10-5-4-9-6-7-13-11(9)8-10;1-11(2,3)10-12-8-6-4-5-7-9(8)13-10;/h8-10H,4-7H2,1-3H3;4-7H,8-10H2,1-3H3;4-7,12H,8-9H2,1-3H3;4-7H,8-9H2,1-3H3;4-8H,1-3H3;4-7H,1-3H3;1H4. The molecule has 12 rings (SSSR count). The maximum Gasteiger partial charge on any atom is 0.200 e. The monoisotopic (exact) mass is 1090 g/mol. The molecule has 0 bridgehead atoms. The molecular formula is C76H105N3O2. The molecule has 4 aliphatic rings. The van der Waals surface area contributed by atoms with Crippen LogP contribution in [-0.4, -0.2) is 32.4 Å². The molecule has 8 aromatic rings. The van der Waals surface area contributed by atoms with Crippen LogP contribution in [0.2, 0.25) is 0 Å². The summed E-state index contributed by atoms with van der Waals surface area (Å²) in [7, 11) is 0. The molecule has 4 heterocycles. The highest BCUT2D eigenvalue weighted by atomic mass is 16.3. The topological polar surface area (TPSA) is 45.7 Å². The molecule has 81 heavy (non-hydrogen) atoms. The smallest absolute Gasteiger partial charge is 0.200 e. The Bertz CT molecular complexity index is 3070. The Balaban J connectivity index is 0.000000156. The fourth-order valence-electron chi connectivity index (χ4n) is 10.9. The minimum atomic E-state index is -0.0149. The molecule has 6 aromatic carbocycles. The highest BCUT2D eigenvalue weighted by Crippen LogP contribution is 2.38. The Morgan fingerprint density at radius 3 is 1.40 bits per heavy atom. The summed E-state index contributed by atoms with van der Waals surface area (Å²) in [4.78, 5) is 9.48. The minimum absolute atomic E-state index is 0. The third kappa shape index (κ3) is 18.1. The first kappa shape index (κ1) is 64.4. The Morgan fingerprint density at radius 2 is 0.877 bits per heavy atom. The van der Waals surface area contributed by atoms with Gasteiger partial charge in [-0.05, 0) is 189 Å². The van der Waals surface area contributed by atoms with Crippen LogP contribution >= 0.6 is 0 Å². The van der Waals surface area contributed by atoms with Crippen molar-refractivity contribution in [2.24, 2.45) is 11.3 Å². The summed E-state index contributed by atoms with van der Waals surface area (Å²) >= 11 is 0. The van der Waals surface area contributed by atoms with Gasteiger partial charge < -0.3 is 8.83 Å². The van der Waals surface area contributed by atoms with Crippen molar-refractivity contribution in [1.82, 2.24) is 14.8 Å². The van der Waals surface area contributed by atoms with Crippen molar-refractivity contribution in [2.75, 3.05) is 6.54 Å². The normalized spacial score (nSPS) is 15.5. The second-order valence-electron chi connectivity index (χ2n) is 29.2.